The summed E-state index contributed by atoms with van der Waals surface area (Å²) < 4.78 is 0. The highest BCUT2D eigenvalue weighted by Crippen LogP contribution is 2.36. The van der Waals surface area contributed by atoms with E-state index in [-0.39, 0.29) is 5.92 Å². The van der Waals surface area contributed by atoms with Crippen LogP contribution in [0, 0.1) is 5.92 Å². The first-order chi connectivity index (χ1) is 11.1. The van der Waals surface area contributed by atoms with Crippen LogP contribution in [0.2, 0.25) is 0 Å². The minimum Gasteiger partial charge on any atom is -0.387 e. The molecular weight excluding hydrogens is 282 g/mol. The fraction of sp³-hybridized carbons (Fsp3) is 0.238. The second kappa shape index (κ2) is 6.84. The Morgan fingerprint density at radius 1 is 1.04 bits per heavy atom. The minimum absolute atomic E-state index is 0.0610. The van der Waals surface area contributed by atoms with Crippen molar-refractivity contribution in [3.63, 3.8) is 0 Å². The molecule has 1 aliphatic carbocycles. The van der Waals surface area contributed by atoms with E-state index in [0.717, 1.165) is 12.0 Å². The predicted octanol–water partition coefficient (Wildman–Crippen LogP) is 4.45. The van der Waals surface area contributed by atoms with E-state index in [1.54, 1.807) is 0 Å². The molecule has 2 atom stereocenters. The van der Waals surface area contributed by atoms with Crippen molar-refractivity contribution in [2.75, 3.05) is 19.0 Å². The molecule has 0 amide bonds. The Kier molecular flexibility index (Phi) is 4.63. The summed E-state index contributed by atoms with van der Waals surface area (Å²) in [6.07, 6.45) is 6.90. The number of allylic oxidation sites excluding steroid dienone is 1. The average Bonchev–Trinajstić information content (AvgIpc) is 3.03. The van der Waals surface area contributed by atoms with Crippen LogP contribution in [0.5, 0.6) is 0 Å². The molecule has 0 fully saturated rings. The van der Waals surface area contributed by atoms with Gasteiger partial charge in [0, 0.05) is 25.7 Å². The summed E-state index contributed by atoms with van der Waals surface area (Å²) in [7, 11) is 4.08. The summed E-state index contributed by atoms with van der Waals surface area (Å²) in [5.74, 6) is 0.0610. The first-order valence-electron chi connectivity index (χ1n) is 8.02. The molecule has 0 radical (unpaired) electrons. The van der Waals surface area contributed by atoms with Crippen molar-refractivity contribution in [2.24, 2.45) is 5.92 Å². The van der Waals surface area contributed by atoms with Gasteiger partial charge in [0.15, 0.2) is 0 Å². The maximum atomic E-state index is 10.7. The largest absolute Gasteiger partial charge is 0.387 e. The van der Waals surface area contributed by atoms with Crippen LogP contribution in [0.3, 0.4) is 0 Å². The average molecular weight is 305 g/mol. The van der Waals surface area contributed by atoms with Crippen LogP contribution in [0.25, 0.3) is 6.08 Å². The van der Waals surface area contributed by atoms with E-state index < -0.39 is 6.10 Å². The number of aliphatic hydroxyl groups excluding tert-OH is 1. The third kappa shape index (κ3) is 3.54. The molecule has 0 saturated carbocycles. The molecule has 0 spiro atoms. The van der Waals surface area contributed by atoms with Crippen molar-refractivity contribution < 1.29 is 5.11 Å². The van der Waals surface area contributed by atoms with Gasteiger partial charge in [-0.25, -0.2) is 0 Å². The molecule has 0 aromatic heterocycles. The van der Waals surface area contributed by atoms with Crippen LogP contribution < -0.4 is 4.90 Å². The second-order valence-electron chi connectivity index (χ2n) is 6.22. The first-order valence-corrected chi connectivity index (χ1v) is 8.02. The normalized spacial score (nSPS) is 20.0. The van der Waals surface area contributed by atoms with Crippen LogP contribution >= 0.6 is 0 Å². The second-order valence-corrected chi connectivity index (χ2v) is 6.22. The molecule has 0 heterocycles. The van der Waals surface area contributed by atoms with Gasteiger partial charge in [-0.05, 0) is 29.7 Å². The number of nitrogens with zero attached hydrogens (tertiary/aromatic N) is 1. The van der Waals surface area contributed by atoms with Gasteiger partial charge in [0.25, 0.3) is 0 Å². The Labute approximate surface area is 138 Å². The van der Waals surface area contributed by atoms with Gasteiger partial charge in [0.1, 0.15) is 0 Å². The van der Waals surface area contributed by atoms with Gasteiger partial charge in [0.2, 0.25) is 0 Å². The minimum atomic E-state index is -0.484. The summed E-state index contributed by atoms with van der Waals surface area (Å²) in [6.45, 7) is 0. The maximum absolute atomic E-state index is 10.7. The fourth-order valence-electron chi connectivity index (χ4n) is 3.01. The lowest BCUT2D eigenvalue weighted by molar-refractivity contribution is 0.148. The number of rotatable bonds is 4. The van der Waals surface area contributed by atoms with E-state index in [1.807, 2.05) is 44.4 Å². The Bertz CT molecular complexity index is 698. The van der Waals surface area contributed by atoms with Crippen molar-refractivity contribution in [1.29, 1.82) is 0 Å². The van der Waals surface area contributed by atoms with E-state index in [2.05, 4.69) is 47.4 Å². The lowest BCUT2D eigenvalue weighted by Crippen LogP contribution is -2.10. The van der Waals surface area contributed by atoms with E-state index in [9.17, 15) is 5.11 Å². The summed E-state index contributed by atoms with van der Waals surface area (Å²) in [5, 5.41) is 10.7. The van der Waals surface area contributed by atoms with Gasteiger partial charge >= 0.3 is 0 Å². The molecule has 0 aliphatic heterocycles. The van der Waals surface area contributed by atoms with Gasteiger partial charge in [-0.2, -0.15) is 0 Å². The van der Waals surface area contributed by atoms with E-state index in [1.165, 1.54) is 16.8 Å². The molecule has 0 unspecified atom stereocenters. The van der Waals surface area contributed by atoms with Gasteiger partial charge < -0.3 is 10.0 Å². The predicted molar refractivity (Wildman–Crippen MR) is 97.4 cm³/mol. The summed E-state index contributed by atoms with van der Waals surface area (Å²) in [4.78, 5) is 2.09. The van der Waals surface area contributed by atoms with Crippen LogP contribution in [0.15, 0.2) is 72.3 Å². The number of benzene rings is 2. The molecule has 3 rings (SSSR count). The maximum Gasteiger partial charge on any atom is 0.0890 e. The zero-order valence-corrected chi connectivity index (χ0v) is 13.7. The highest BCUT2D eigenvalue weighted by Gasteiger charge is 2.24. The molecule has 2 heteroatoms. The van der Waals surface area contributed by atoms with Crippen molar-refractivity contribution in [1.82, 2.24) is 0 Å². The third-order valence-electron chi connectivity index (χ3n) is 4.37. The number of aliphatic hydroxyl groups is 1. The lowest BCUT2D eigenvalue weighted by Gasteiger charge is -2.19. The van der Waals surface area contributed by atoms with Crippen molar-refractivity contribution in [3.8, 4) is 0 Å². The molecule has 1 aliphatic rings. The zero-order chi connectivity index (χ0) is 16.2. The topological polar surface area (TPSA) is 23.5 Å². The van der Waals surface area contributed by atoms with Crippen LogP contribution in [-0.2, 0) is 0 Å². The standard InChI is InChI=1S/C21H23NO/c1-22(2)19-13-11-16(12-14-19)15-18-9-6-10-20(18)21(23)17-7-4-3-5-8-17/h3-8,10-15,20-21,23H,9H2,1-2H3/b18-15+/t20-,21+/m0/s1. The fourth-order valence-corrected chi connectivity index (χ4v) is 3.01. The number of hydrogen-bond acceptors (Lipinski definition) is 2. The molecule has 0 saturated heterocycles. The van der Waals surface area contributed by atoms with Gasteiger partial charge in [-0.15, -0.1) is 0 Å². The van der Waals surface area contributed by atoms with E-state index >= 15 is 0 Å². The van der Waals surface area contributed by atoms with Crippen molar-refractivity contribution in [2.45, 2.75) is 12.5 Å². The Morgan fingerprint density at radius 3 is 2.39 bits per heavy atom. The molecule has 23 heavy (non-hydrogen) atoms. The SMILES string of the molecule is CN(C)c1ccc(/C=C2\CC=C[C@@H]2[C@H](O)c2ccccc2)cc1. The smallest absolute Gasteiger partial charge is 0.0890 e. The lowest BCUT2D eigenvalue weighted by atomic mass is 9.90. The highest BCUT2D eigenvalue weighted by atomic mass is 16.3. The van der Waals surface area contributed by atoms with Gasteiger partial charge in [-0.1, -0.05) is 66.3 Å². The monoisotopic (exact) mass is 305 g/mol. The molecular formula is C21H23NO. The highest BCUT2D eigenvalue weighted by molar-refractivity contribution is 5.59. The van der Waals surface area contributed by atoms with Crippen LogP contribution in [0.1, 0.15) is 23.7 Å². The molecule has 2 nitrogen and oxygen atoms in total. The van der Waals surface area contributed by atoms with Gasteiger partial charge in [0.05, 0.1) is 6.10 Å². The van der Waals surface area contributed by atoms with Crippen molar-refractivity contribution >= 4 is 11.8 Å². The molecule has 1 N–H and O–H groups in total. The zero-order valence-electron chi connectivity index (χ0n) is 13.7. The van der Waals surface area contributed by atoms with Crippen LogP contribution in [-0.4, -0.2) is 19.2 Å². The Morgan fingerprint density at radius 2 is 1.74 bits per heavy atom. The Balaban J connectivity index is 1.81. The Hall–Kier alpha value is -2.32. The van der Waals surface area contributed by atoms with Gasteiger partial charge in [-0.3, -0.25) is 0 Å². The van der Waals surface area contributed by atoms with E-state index in [4.69, 9.17) is 0 Å². The number of anilines is 1. The summed E-state index contributed by atoms with van der Waals surface area (Å²) in [5.41, 5.74) is 4.61. The quantitative estimate of drug-likeness (QED) is 0.844. The molecule has 2 aromatic carbocycles. The first kappa shape index (κ1) is 15.6. The summed E-state index contributed by atoms with van der Waals surface area (Å²) >= 11 is 0. The third-order valence-corrected chi connectivity index (χ3v) is 4.37. The van der Waals surface area contributed by atoms with E-state index in [0.29, 0.717) is 0 Å². The van der Waals surface area contributed by atoms with Crippen molar-refractivity contribution in [3.05, 3.63) is 83.4 Å². The molecule has 2 aromatic rings. The summed E-state index contributed by atoms with van der Waals surface area (Å²) in [6, 6.07) is 18.4. The molecule has 118 valence electrons. The molecule has 0 bridgehead atoms. The number of hydrogen-bond donors (Lipinski definition) is 1. The van der Waals surface area contributed by atoms with Crippen LogP contribution in [0.4, 0.5) is 5.69 Å².